The van der Waals surface area contributed by atoms with Crippen LogP contribution in [0.15, 0.2) is 84.0 Å². The van der Waals surface area contributed by atoms with Crippen LogP contribution in [0.4, 0.5) is 5.69 Å². The smallest absolute Gasteiger partial charge is 0.263 e. The van der Waals surface area contributed by atoms with E-state index in [-0.39, 0.29) is 0 Å². The Bertz CT molecular complexity index is 1250. The molecule has 1 N–H and O–H groups in total. The number of nitrogens with zero attached hydrogens (tertiary/aromatic N) is 2. The molecule has 3 rings (SSSR count). The quantitative estimate of drug-likeness (QED) is 0.321. The predicted molar refractivity (Wildman–Crippen MR) is 137 cm³/mol. The third kappa shape index (κ3) is 7.31. The van der Waals surface area contributed by atoms with E-state index in [2.05, 4.69) is 10.5 Å². The summed E-state index contributed by atoms with van der Waals surface area (Å²) in [7, 11) is -3.75. The van der Waals surface area contributed by atoms with E-state index in [4.69, 9.17) is 9.47 Å². The van der Waals surface area contributed by atoms with Crippen LogP contribution in [-0.2, 0) is 21.4 Å². The van der Waals surface area contributed by atoms with Crippen molar-refractivity contribution in [1.82, 2.24) is 5.43 Å². The summed E-state index contributed by atoms with van der Waals surface area (Å²) in [4.78, 5) is 12.8. The number of anilines is 1. The zero-order valence-corrected chi connectivity index (χ0v) is 20.7. The number of nitrogens with one attached hydrogen (secondary N) is 1. The van der Waals surface area contributed by atoms with E-state index in [0.717, 1.165) is 16.1 Å². The minimum atomic E-state index is -3.75. The van der Waals surface area contributed by atoms with Gasteiger partial charge in [0.2, 0.25) is 10.0 Å². The summed E-state index contributed by atoms with van der Waals surface area (Å²) in [6, 6.07) is 22.5. The second-order valence-corrected chi connectivity index (χ2v) is 9.57. The van der Waals surface area contributed by atoms with Crippen molar-refractivity contribution in [2.24, 2.45) is 5.10 Å². The van der Waals surface area contributed by atoms with Crippen LogP contribution in [0.25, 0.3) is 0 Å². The van der Waals surface area contributed by atoms with Gasteiger partial charge in [0.05, 0.1) is 24.8 Å². The van der Waals surface area contributed by atoms with Crippen molar-refractivity contribution in [3.63, 3.8) is 0 Å². The molecule has 0 aromatic heterocycles. The van der Waals surface area contributed by atoms with Crippen molar-refractivity contribution in [1.29, 1.82) is 0 Å². The van der Waals surface area contributed by atoms with Crippen LogP contribution in [0.1, 0.15) is 25.0 Å². The second-order valence-electron chi connectivity index (χ2n) is 7.71. The van der Waals surface area contributed by atoms with E-state index in [0.29, 0.717) is 36.0 Å². The zero-order valence-electron chi connectivity index (χ0n) is 19.9. The molecule has 0 fully saturated rings. The summed E-state index contributed by atoms with van der Waals surface area (Å²) in [5, 5.41) is 4.03. The monoisotopic (exact) mass is 495 g/mol. The molecule has 1 atom stereocenters. The third-order valence-corrected chi connectivity index (χ3v) is 6.27. The minimum Gasteiger partial charge on any atom is -0.494 e. The standard InChI is InChI=1S/C26H29N3O5S/c1-4-33-24-16-14-23(15-17-24)29(35(3,31)32)20(2)26(30)28-27-18-22-12-8-9-13-25(22)34-19-21-10-6-5-7-11-21/h5-18,20H,4,19H2,1-3H3,(H,28,30)/b27-18+. The fourth-order valence-electron chi connectivity index (χ4n) is 3.38. The number of sulfonamides is 1. The number of rotatable bonds is 11. The van der Waals surface area contributed by atoms with Crippen LogP contribution < -0.4 is 19.2 Å². The average Bonchev–Trinajstić information content (AvgIpc) is 2.84. The number of amides is 1. The summed E-state index contributed by atoms with van der Waals surface area (Å²) in [6.45, 7) is 4.24. The Morgan fingerprint density at radius 3 is 2.31 bits per heavy atom. The molecular formula is C26H29N3O5S. The van der Waals surface area contributed by atoms with Crippen molar-refractivity contribution in [3.05, 3.63) is 90.0 Å². The van der Waals surface area contributed by atoms with Gasteiger partial charge >= 0.3 is 0 Å². The van der Waals surface area contributed by atoms with Gasteiger partial charge in [0.15, 0.2) is 0 Å². The second kappa shape index (κ2) is 12.0. The molecule has 8 nitrogen and oxygen atoms in total. The first-order valence-electron chi connectivity index (χ1n) is 11.1. The molecule has 184 valence electrons. The molecule has 0 saturated carbocycles. The molecule has 0 heterocycles. The number of para-hydroxylation sites is 1. The Balaban J connectivity index is 1.69. The molecule has 1 amide bonds. The minimum absolute atomic E-state index is 0.349. The first-order valence-corrected chi connectivity index (χ1v) is 13.0. The molecule has 3 aromatic carbocycles. The van der Waals surface area contributed by atoms with Crippen molar-refractivity contribution in [2.75, 3.05) is 17.2 Å². The highest BCUT2D eigenvalue weighted by molar-refractivity contribution is 7.92. The van der Waals surface area contributed by atoms with Crippen LogP contribution >= 0.6 is 0 Å². The number of ether oxygens (including phenoxy) is 2. The molecule has 0 spiro atoms. The first kappa shape index (κ1) is 25.8. The van der Waals surface area contributed by atoms with Gasteiger partial charge in [0.25, 0.3) is 5.91 Å². The van der Waals surface area contributed by atoms with Gasteiger partial charge < -0.3 is 9.47 Å². The lowest BCUT2D eigenvalue weighted by Crippen LogP contribution is -2.46. The molecule has 0 aliphatic carbocycles. The lowest BCUT2D eigenvalue weighted by molar-refractivity contribution is -0.121. The highest BCUT2D eigenvalue weighted by atomic mass is 32.2. The molecule has 0 aliphatic rings. The van der Waals surface area contributed by atoms with Gasteiger partial charge in [0.1, 0.15) is 24.1 Å². The van der Waals surface area contributed by atoms with E-state index in [9.17, 15) is 13.2 Å². The van der Waals surface area contributed by atoms with Gasteiger partial charge in [-0.3, -0.25) is 9.10 Å². The van der Waals surface area contributed by atoms with Crippen LogP contribution in [0.2, 0.25) is 0 Å². The normalized spacial score (nSPS) is 12.2. The molecule has 3 aromatic rings. The van der Waals surface area contributed by atoms with Gasteiger partial charge in [-0.25, -0.2) is 13.8 Å². The maximum Gasteiger partial charge on any atom is 0.263 e. The van der Waals surface area contributed by atoms with Crippen molar-refractivity contribution in [3.8, 4) is 11.5 Å². The number of hydrogen-bond acceptors (Lipinski definition) is 6. The lowest BCUT2D eigenvalue weighted by Gasteiger charge is -2.27. The maximum absolute atomic E-state index is 12.8. The lowest BCUT2D eigenvalue weighted by atomic mass is 10.2. The Labute approximate surface area is 206 Å². The zero-order chi connectivity index (χ0) is 25.3. The highest BCUT2D eigenvalue weighted by Crippen LogP contribution is 2.24. The van der Waals surface area contributed by atoms with Crippen LogP contribution in [-0.4, -0.2) is 39.4 Å². The average molecular weight is 496 g/mol. The van der Waals surface area contributed by atoms with Gasteiger partial charge in [0, 0.05) is 5.56 Å². The van der Waals surface area contributed by atoms with Crippen LogP contribution in [0.3, 0.4) is 0 Å². The Kier molecular flexibility index (Phi) is 8.86. The van der Waals surface area contributed by atoms with Gasteiger partial charge in [-0.1, -0.05) is 42.5 Å². The molecule has 0 bridgehead atoms. The molecule has 0 radical (unpaired) electrons. The van der Waals surface area contributed by atoms with Crippen LogP contribution in [0, 0.1) is 0 Å². The SMILES string of the molecule is CCOc1ccc(N(C(C)C(=O)N/N=C/c2ccccc2OCc2ccccc2)S(C)(=O)=O)cc1. The number of carbonyl (C=O) groups is 1. The Hall–Kier alpha value is -3.85. The number of carbonyl (C=O) groups excluding carboxylic acids is 1. The highest BCUT2D eigenvalue weighted by Gasteiger charge is 2.29. The van der Waals surface area contributed by atoms with Crippen molar-refractivity contribution in [2.45, 2.75) is 26.5 Å². The molecule has 1 unspecified atom stereocenters. The fourth-order valence-corrected chi connectivity index (χ4v) is 4.55. The molecule has 0 saturated heterocycles. The molecule has 9 heteroatoms. The summed E-state index contributed by atoms with van der Waals surface area (Å²) in [5.74, 6) is 0.636. The summed E-state index contributed by atoms with van der Waals surface area (Å²) >= 11 is 0. The molecule has 35 heavy (non-hydrogen) atoms. The molecule has 0 aliphatic heterocycles. The number of hydrazone groups is 1. The maximum atomic E-state index is 12.8. The van der Waals surface area contributed by atoms with E-state index >= 15 is 0 Å². The van der Waals surface area contributed by atoms with Gasteiger partial charge in [-0.2, -0.15) is 5.10 Å². The summed E-state index contributed by atoms with van der Waals surface area (Å²) in [6.07, 6.45) is 2.52. The Morgan fingerprint density at radius 1 is 1.00 bits per heavy atom. The topological polar surface area (TPSA) is 97.3 Å². The van der Waals surface area contributed by atoms with Crippen molar-refractivity contribution < 1.29 is 22.7 Å². The van der Waals surface area contributed by atoms with Crippen molar-refractivity contribution >= 4 is 27.8 Å². The fraction of sp³-hybridized carbons (Fsp3) is 0.231. The van der Waals surface area contributed by atoms with Crippen LogP contribution in [0.5, 0.6) is 11.5 Å². The van der Waals surface area contributed by atoms with E-state index in [1.807, 2.05) is 61.5 Å². The number of hydrogen-bond donors (Lipinski definition) is 1. The van der Waals surface area contributed by atoms with E-state index in [1.165, 1.54) is 13.1 Å². The van der Waals surface area contributed by atoms with E-state index in [1.54, 1.807) is 24.3 Å². The number of benzene rings is 3. The first-order chi connectivity index (χ1) is 16.8. The predicted octanol–water partition coefficient (Wildman–Crippen LogP) is 3.97. The Morgan fingerprint density at radius 2 is 1.66 bits per heavy atom. The van der Waals surface area contributed by atoms with Gasteiger partial charge in [-0.05, 0) is 55.8 Å². The molecular weight excluding hydrogens is 466 g/mol. The largest absolute Gasteiger partial charge is 0.494 e. The summed E-state index contributed by atoms with van der Waals surface area (Å²) in [5.41, 5.74) is 4.47. The van der Waals surface area contributed by atoms with Gasteiger partial charge in [-0.15, -0.1) is 0 Å². The third-order valence-electron chi connectivity index (χ3n) is 5.03. The van der Waals surface area contributed by atoms with E-state index < -0.39 is 22.0 Å². The summed E-state index contributed by atoms with van der Waals surface area (Å²) < 4.78 is 37.3.